The minimum Gasteiger partial charge on any atom is -0.497 e. The molecule has 0 unspecified atom stereocenters. The van der Waals surface area contributed by atoms with Crippen molar-refractivity contribution < 1.29 is 27.5 Å². The van der Waals surface area contributed by atoms with Gasteiger partial charge in [-0.1, -0.05) is 24.3 Å². The quantitative estimate of drug-likeness (QED) is 0.524. The van der Waals surface area contributed by atoms with Gasteiger partial charge < -0.3 is 14.8 Å². The molecule has 0 saturated carbocycles. The zero-order chi connectivity index (χ0) is 23.1. The van der Waals surface area contributed by atoms with Crippen molar-refractivity contribution >= 4 is 33.3 Å². The van der Waals surface area contributed by atoms with Gasteiger partial charge in [0.25, 0.3) is 10.0 Å². The summed E-state index contributed by atoms with van der Waals surface area (Å²) in [5.41, 5.74) is 1.02. The highest BCUT2D eigenvalue weighted by Gasteiger charge is 2.27. The van der Waals surface area contributed by atoms with Crippen LogP contribution in [0.15, 0.2) is 83.8 Å². The third-order valence-corrected chi connectivity index (χ3v) is 6.34. The molecule has 8 nitrogen and oxygen atoms in total. The lowest BCUT2D eigenvalue weighted by Gasteiger charge is -2.24. The molecule has 1 N–H and O–H groups in total. The van der Waals surface area contributed by atoms with Gasteiger partial charge >= 0.3 is 5.97 Å². The Balaban J connectivity index is 1.88. The maximum atomic E-state index is 13.3. The second kappa shape index (κ2) is 9.97. The van der Waals surface area contributed by atoms with Crippen LogP contribution in [-0.4, -0.2) is 41.1 Å². The first-order valence-electron chi connectivity index (χ1n) is 9.55. The van der Waals surface area contributed by atoms with Crippen LogP contribution in [0.2, 0.25) is 0 Å². The lowest BCUT2D eigenvalue weighted by atomic mass is 10.2. The number of sulfonamides is 1. The molecule has 166 valence electrons. The molecule has 3 aromatic rings. The van der Waals surface area contributed by atoms with Crippen LogP contribution >= 0.6 is 0 Å². The molecular formula is C23H22N2O6S. The number of hydrogen-bond acceptors (Lipinski definition) is 6. The zero-order valence-electron chi connectivity index (χ0n) is 17.5. The first kappa shape index (κ1) is 22.8. The van der Waals surface area contributed by atoms with Gasteiger partial charge in [0.15, 0.2) is 0 Å². The molecule has 0 saturated heterocycles. The molecule has 32 heavy (non-hydrogen) atoms. The second-order valence-corrected chi connectivity index (χ2v) is 8.51. The fraction of sp³-hybridized carbons (Fsp3) is 0.130. The number of nitrogens with one attached hydrogen (secondary N) is 1. The maximum absolute atomic E-state index is 13.3. The number of carbonyl (C=O) groups is 2. The predicted molar refractivity (Wildman–Crippen MR) is 120 cm³/mol. The van der Waals surface area contributed by atoms with Gasteiger partial charge in [-0.2, -0.15) is 0 Å². The summed E-state index contributed by atoms with van der Waals surface area (Å²) < 4.78 is 37.5. The number of nitrogens with zero attached hydrogens (tertiary/aromatic N) is 1. The Labute approximate surface area is 186 Å². The van der Waals surface area contributed by atoms with Crippen LogP contribution in [0, 0.1) is 0 Å². The van der Waals surface area contributed by atoms with Crippen molar-refractivity contribution in [1.82, 2.24) is 0 Å². The molecule has 3 aromatic carbocycles. The molecule has 0 bridgehead atoms. The fourth-order valence-corrected chi connectivity index (χ4v) is 4.37. The molecule has 0 radical (unpaired) electrons. The predicted octanol–water partition coefficient (Wildman–Crippen LogP) is 3.32. The molecule has 9 heteroatoms. The number of benzene rings is 3. The van der Waals surface area contributed by atoms with Gasteiger partial charge in [-0.05, 0) is 48.5 Å². The number of amides is 1. The van der Waals surface area contributed by atoms with Gasteiger partial charge in [-0.25, -0.2) is 13.2 Å². The summed E-state index contributed by atoms with van der Waals surface area (Å²) in [7, 11) is -1.28. The Morgan fingerprint density at radius 2 is 1.59 bits per heavy atom. The van der Waals surface area contributed by atoms with Crippen molar-refractivity contribution in [3.8, 4) is 5.75 Å². The van der Waals surface area contributed by atoms with Crippen LogP contribution in [0.3, 0.4) is 0 Å². The van der Waals surface area contributed by atoms with E-state index in [1.54, 1.807) is 42.5 Å². The zero-order valence-corrected chi connectivity index (χ0v) is 18.3. The van der Waals surface area contributed by atoms with Gasteiger partial charge in [-0.15, -0.1) is 0 Å². The second-order valence-electron chi connectivity index (χ2n) is 6.64. The summed E-state index contributed by atoms with van der Waals surface area (Å²) in [6.45, 7) is -0.469. The summed E-state index contributed by atoms with van der Waals surface area (Å²) >= 11 is 0. The van der Waals surface area contributed by atoms with E-state index in [1.165, 1.54) is 50.6 Å². The SMILES string of the molecule is COC(=O)c1ccc(NC(=O)CN(c2cccc(OC)c2)S(=O)(=O)c2ccccc2)cc1. The summed E-state index contributed by atoms with van der Waals surface area (Å²) in [5.74, 6) is -0.603. The van der Waals surface area contributed by atoms with E-state index < -0.39 is 28.4 Å². The van der Waals surface area contributed by atoms with E-state index in [2.05, 4.69) is 10.1 Å². The van der Waals surface area contributed by atoms with Gasteiger partial charge in [0.1, 0.15) is 12.3 Å². The van der Waals surface area contributed by atoms with Crippen LogP contribution in [0.5, 0.6) is 5.75 Å². The number of hydrogen-bond donors (Lipinski definition) is 1. The van der Waals surface area contributed by atoms with Crippen LogP contribution in [-0.2, 0) is 19.6 Å². The minimum absolute atomic E-state index is 0.0538. The van der Waals surface area contributed by atoms with Crippen molar-refractivity contribution in [1.29, 1.82) is 0 Å². The molecule has 0 spiro atoms. The van der Waals surface area contributed by atoms with E-state index in [1.807, 2.05) is 0 Å². The van der Waals surface area contributed by atoms with E-state index in [0.29, 0.717) is 17.0 Å². The smallest absolute Gasteiger partial charge is 0.337 e. The molecular weight excluding hydrogens is 432 g/mol. The molecule has 0 fully saturated rings. The standard InChI is InChI=1S/C23H22N2O6S/c1-30-20-8-6-7-19(15-20)25(32(28,29)21-9-4-3-5-10-21)16-22(26)24-18-13-11-17(12-14-18)23(27)31-2/h3-15H,16H2,1-2H3,(H,24,26). The maximum Gasteiger partial charge on any atom is 0.337 e. The molecule has 0 aromatic heterocycles. The first-order valence-corrected chi connectivity index (χ1v) is 11.0. The number of anilines is 2. The van der Waals surface area contributed by atoms with Gasteiger partial charge in [0.2, 0.25) is 5.91 Å². The fourth-order valence-electron chi connectivity index (χ4n) is 2.94. The van der Waals surface area contributed by atoms with Crippen molar-refractivity contribution in [2.24, 2.45) is 0 Å². The molecule has 0 heterocycles. The first-order chi connectivity index (χ1) is 15.3. The molecule has 3 rings (SSSR count). The Bertz CT molecular complexity index is 1190. The Kier molecular flexibility index (Phi) is 7.11. The van der Waals surface area contributed by atoms with Crippen LogP contribution in [0.1, 0.15) is 10.4 Å². The van der Waals surface area contributed by atoms with Crippen molar-refractivity contribution in [2.45, 2.75) is 4.90 Å². The third kappa shape index (κ3) is 5.25. The summed E-state index contributed by atoms with van der Waals surface area (Å²) in [6, 6.07) is 20.4. The Hall–Kier alpha value is -3.85. The molecule has 0 atom stereocenters. The van der Waals surface area contributed by atoms with Gasteiger partial charge in [0, 0.05) is 11.8 Å². The molecule has 0 aliphatic carbocycles. The number of methoxy groups -OCH3 is 2. The van der Waals surface area contributed by atoms with E-state index in [9.17, 15) is 18.0 Å². The highest BCUT2D eigenvalue weighted by molar-refractivity contribution is 7.92. The van der Waals surface area contributed by atoms with E-state index >= 15 is 0 Å². The van der Waals surface area contributed by atoms with Crippen molar-refractivity contribution in [2.75, 3.05) is 30.4 Å². The topological polar surface area (TPSA) is 102 Å². The normalized spacial score (nSPS) is 10.8. The van der Waals surface area contributed by atoms with E-state index in [0.717, 1.165) is 4.31 Å². The number of rotatable bonds is 8. The summed E-state index contributed by atoms with van der Waals surface area (Å²) in [6.07, 6.45) is 0. The van der Waals surface area contributed by atoms with Gasteiger partial charge in [0.05, 0.1) is 30.4 Å². The van der Waals surface area contributed by atoms with Crippen LogP contribution in [0.25, 0.3) is 0 Å². The number of carbonyl (C=O) groups excluding carboxylic acids is 2. The monoisotopic (exact) mass is 454 g/mol. The van der Waals surface area contributed by atoms with E-state index in [4.69, 9.17) is 4.74 Å². The summed E-state index contributed by atoms with van der Waals surface area (Å²) in [5, 5.41) is 2.65. The van der Waals surface area contributed by atoms with Gasteiger partial charge in [-0.3, -0.25) is 9.10 Å². The summed E-state index contributed by atoms with van der Waals surface area (Å²) in [4.78, 5) is 24.4. The van der Waals surface area contributed by atoms with E-state index in [-0.39, 0.29) is 10.6 Å². The van der Waals surface area contributed by atoms with Crippen molar-refractivity contribution in [3.05, 3.63) is 84.4 Å². The average Bonchev–Trinajstić information content (AvgIpc) is 2.83. The highest BCUT2D eigenvalue weighted by Crippen LogP contribution is 2.27. The minimum atomic E-state index is -4.03. The lowest BCUT2D eigenvalue weighted by molar-refractivity contribution is -0.114. The Morgan fingerprint density at radius 1 is 0.906 bits per heavy atom. The number of ether oxygens (including phenoxy) is 2. The Morgan fingerprint density at radius 3 is 2.22 bits per heavy atom. The molecule has 0 aliphatic heterocycles. The third-order valence-electron chi connectivity index (χ3n) is 4.55. The number of esters is 1. The largest absolute Gasteiger partial charge is 0.497 e. The molecule has 1 amide bonds. The van der Waals surface area contributed by atoms with Crippen molar-refractivity contribution in [3.63, 3.8) is 0 Å². The lowest BCUT2D eigenvalue weighted by Crippen LogP contribution is -2.38. The molecule has 0 aliphatic rings. The van der Waals surface area contributed by atoms with Crippen LogP contribution < -0.4 is 14.4 Å². The average molecular weight is 455 g/mol. The highest BCUT2D eigenvalue weighted by atomic mass is 32.2. The van der Waals surface area contributed by atoms with Crippen LogP contribution in [0.4, 0.5) is 11.4 Å².